The highest BCUT2D eigenvalue weighted by Gasteiger charge is 2.12. The Hall–Kier alpha value is -4.77. The van der Waals surface area contributed by atoms with Gasteiger partial charge in [-0.2, -0.15) is 10.4 Å². The molecule has 1 heterocycles. The first-order valence-corrected chi connectivity index (χ1v) is 10.0. The lowest BCUT2D eigenvalue weighted by atomic mass is 10.1. The van der Waals surface area contributed by atoms with Gasteiger partial charge in [-0.1, -0.05) is 48.5 Å². The zero-order valence-electron chi connectivity index (χ0n) is 17.7. The highest BCUT2D eigenvalue weighted by molar-refractivity contribution is 5.81. The molecule has 4 rings (SSSR count). The number of rotatable bonds is 6. The summed E-state index contributed by atoms with van der Waals surface area (Å²) in [5.74, 6) is -0.171. The standard InChI is InChI=1S/C25H19FN6O/c1-32(21-9-5-8-19(26)14-21)20-12-10-17(11-13-20)16-28-31-25-29-23(18-6-3-2-4-7-18)22(15-27)24(33)30-25/h2-14,16H,1H3,(H2,29,30,31,33). The quantitative estimate of drug-likeness (QED) is 0.337. The van der Waals surface area contributed by atoms with E-state index in [0.29, 0.717) is 5.56 Å². The minimum atomic E-state index is -0.547. The third-order valence-corrected chi connectivity index (χ3v) is 4.94. The molecule has 0 saturated heterocycles. The molecule has 7 nitrogen and oxygen atoms in total. The molecule has 0 aliphatic carbocycles. The molecule has 3 aromatic carbocycles. The summed E-state index contributed by atoms with van der Waals surface area (Å²) in [6, 6.07) is 24.8. The Morgan fingerprint density at radius 1 is 1.06 bits per heavy atom. The average molecular weight is 438 g/mol. The summed E-state index contributed by atoms with van der Waals surface area (Å²) in [7, 11) is 1.86. The van der Waals surface area contributed by atoms with E-state index < -0.39 is 5.56 Å². The summed E-state index contributed by atoms with van der Waals surface area (Å²) in [6.45, 7) is 0. The Labute approximate surface area is 189 Å². The van der Waals surface area contributed by atoms with Crippen molar-refractivity contribution in [3.63, 3.8) is 0 Å². The summed E-state index contributed by atoms with van der Waals surface area (Å²) >= 11 is 0. The zero-order valence-corrected chi connectivity index (χ0v) is 17.7. The molecule has 0 radical (unpaired) electrons. The molecule has 0 spiro atoms. The Balaban J connectivity index is 1.50. The number of hydrogen-bond acceptors (Lipinski definition) is 6. The van der Waals surface area contributed by atoms with E-state index in [9.17, 15) is 14.4 Å². The van der Waals surface area contributed by atoms with Crippen molar-refractivity contribution >= 4 is 23.5 Å². The molecule has 0 aliphatic rings. The number of aromatic amines is 1. The third kappa shape index (κ3) is 4.94. The van der Waals surface area contributed by atoms with E-state index in [2.05, 4.69) is 20.5 Å². The molecule has 0 amide bonds. The fourth-order valence-electron chi connectivity index (χ4n) is 3.22. The second-order valence-electron chi connectivity index (χ2n) is 7.12. The van der Waals surface area contributed by atoms with Crippen molar-refractivity contribution in [1.82, 2.24) is 9.97 Å². The number of nitriles is 1. The van der Waals surface area contributed by atoms with Gasteiger partial charge in [0, 0.05) is 24.0 Å². The first-order chi connectivity index (χ1) is 16.0. The number of aromatic nitrogens is 2. The highest BCUT2D eigenvalue weighted by Crippen LogP contribution is 2.24. The van der Waals surface area contributed by atoms with E-state index in [-0.39, 0.29) is 23.0 Å². The van der Waals surface area contributed by atoms with E-state index in [0.717, 1.165) is 16.9 Å². The van der Waals surface area contributed by atoms with Crippen LogP contribution in [-0.4, -0.2) is 23.2 Å². The van der Waals surface area contributed by atoms with Gasteiger partial charge in [0.1, 0.15) is 17.4 Å². The third-order valence-electron chi connectivity index (χ3n) is 4.94. The lowest BCUT2D eigenvalue weighted by Crippen LogP contribution is -2.16. The van der Waals surface area contributed by atoms with E-state index >= 15 is 0 Å². The van der Waals surface area contributed by atoms with Crippen LogP contribution in [-0.2, 0) is 0 Å². The monoisotopic (exact) mass is 438 g/mol. The van der Waals surface area contributed by atoms with Gasteiger partial charge in [0.05, 0.1) is 11.9 Å². The fourth-order valence-corrected chi connectivity index (χ4v) is 3.22. The van der Waals surface area contributed by atoms with Crippen LogP contribution in [0.5, 0.6) is 0 Å². The summed E-state index contributed by atoms with van der Waals surface area (Å²) in [4.78, 5) is 21.0. The first-order valence-electron chi connectivity index (χ1n) is 10.0. The van der Waals surface area contributed by atoms with Crippen LogP contribution in [0.3, 0.4) is 0 Å². The van der Waals surface area contributed by atoms with E-state index in [4.69, 9.17) is 0 Å². The first kappa shape index (κ1) is 21.5. The minimum Gasteiger partial charge on any atom is -0.345 e. The van der Waals surface area contributed by atoms with Crippen LogP contribution in [0.2, 0.25) is 0 Å². The maximum Gasteiger partial charge on any atom is 0.270 e. The lowest BCUT2D eigenvalue weighted by molar-refractivity contribution is 0.628. The van der Waals surface area contributed by atoms with Crippen molar-refractivity contribution in [3.8, 4) is 17.3 Å². The van der Waals surface area contributed by atoms with Crippen LogP contribution in [0.25, 0.3) is 11.3 Å². The zero-order chi connectivity index (χ0) is 23.2. The predicted octanol–water partition coefficient (Wildman–Crippen LogP) is 4.66. The van der Waals surface area contributed by atoms with Crippen LogP contribution >= 0.6 is 0 Å². The molecule has 0 bridgehead atoms. The molecule has 0 saturated carbocycles. The number of H-pyrrole nitrogens is 1. The fraction of sp³-hybridized carbons (Fsp3) is 0.0400. The highest BCUT2D eigenvalue weighted by atomic mass is 19.1. The predicted molar refractivity (Wildman–Crippen MR) is 127 cm³/mol. The van der Waals surface area contributed by atoms with Crippen molar-refractivity contribution < 1.29 is 4.39 Å². The SMILES string of the molecule is CN(c1ccc(C=NNc2nc(-c3ccccc3)c(C#N)c(=O)[nH]2)cc1)c1cccc(F)c1. The van der Waals surface area contributed by atoms with E-state index in [1.807, 2.05) is 54.4 Å². The van der Waals surface area contributed by atoms with E-state index in [1.54, 1.807) is 36.5 Å². The van der Waals surface area contributed by atoms with Crippen molar-refractivity contribution in [2.45, 2.75) is 0 Å². The van der Waals surface area contributed by atoms with Gasteiger partial charge in [-0.25, -0.2) is 14.8 Å². The summed E-state index contributed by atoms with van der Waals surface area (Å²) in [5, 5.41) is 13.5. The molecule has 0 fully saturated rings. The average Bonchev–Trinajstić information content (AvgIpc) is 2.84. The number of halogens is 1. The number of hydrazone groups is 1. The topological polar surface area (TPSA) is 97.2 Å². The Bertz CT molecular complexity index is 1390. The van der Waals surface area contributed by atoms with Crippen molar-refractivity contribution in [2.24, 2.45) is 5.10 Å². The number of benzene rings is 3. The van der Waals surface area contributed by atoms with Gasteiger partial charge in [0.15, 0.2) is 0 Å². The Morgan fingerprint density at radius 2 is 1.82 bits per heavy atom. The van der Waals surface area contributed by atoms with Crippen LogP contribution in [0.15, 0.2) is 88.8 Å². The van der Waals surface area contributed by atoms with Crippen LogP contribution in [0.1, 0.15) is 11.1 Å². The van der Waals surface area contributed by atoms with Gasteiger partial charge in [-0.3, -0.25) is 9.78 Å². The molecule has 0 aliphatic heterocycles. The molecule has 2 N–H and O–H groups in total. The van der Waals surface area contributed by atoms with Crippen LogP contribution < -0.4 is 15.9 Å². The van der Waals surface area contributed by atoms with Gasteiger partial charge < -0.3 is 4.90 Å². The molecular formula is C25H19FN6O. The molecule has 162 valence electrons. The molecule has 1 aromatic heterocycles. The lowest BCUT2D eigenvalue weighted by Gasteiger charge is -2.19. The van der Waals surface area contributed by atoms with Gasteiger partial charge >= 0.3 is 0 Å². The number of nitrogens with one attached hydrogen (secondary N) is 2. The summed E-state index contributed by atoms with van der Waals surface area (Å²) in [5.41, 5.74) is 5.47. The largest absolute Gasteiger partial charge is 0.345 e. The number of anilines is 3. The molecular weight excluding hydrogens is 419 g/mol. The van der Waals surface area contributed by atoms with Crippen LogP contribution in [0, 0.1) is 17.1 Å². The second-order valence-corrected chi connectivity index (χ2v) is 7.12. The molecule has 0 atom stereocenters. The number of nitrogens with zero attached hydrogens (tertiary/aromatic N) is 4. The van der Waals surface area contributed by atoms with Gasteiger partial charge in [-0.05, 0) is 35.9 Å². The molecule has 33 heavy (non-hydrogen) atoms. The summed E-state index contributed by atoms with van der Waals surface area (Å²) in [6.07, 6.45) is 1.58. The smallest absolute Gasteiger partial charge is 0.270 e. The maximum absolute atomic E-state index is 13.5. The van der Waals surface area contributed by atoms with E-state index in [1.165, 1.54) is 12.1 Å². The van der Waals surface area contributed by atoms with Gasteiger partial charge in [0.25, 0.3) is 5.56 Å². The normalized spacial score (nSPS) is 10.7. The number of hydrogen-bond donors (Lipinski definition) is 2. The molecule has 8 heteroatoms. The Kier molecular flexibility index (Phi) is 6.23. The Morgan fingerprint density at radius 3 is 2.52 bits per heavy atom. The summed E-state index contributed by atoms with van der Waals surface area (Å²) < 4.78 is 13.5. The second kappa shape index (κ2) is 9.58. The van der Waals surface area contributed by atoms with Crippen molar-refractivity contribution in [1.29, 1.82) is 5.26 Å². The minimum absolute atomic E-state index is 0.0614. The van der Waals surface area contributed by atoms with Crippen LogP contribution in [0.4, 0.5) is 21.7 Å². The van der Waals surface area contributed by atoms with Gasteiger partial charge in [0.2, 0.25) is 5.95 Å². The van der Waals surface area contributed by atoms with Gasteiger partial charge in [-0.15, -0.1) is 0 Å². The maximum atomic E-state index is 13.5. The molecule has 4 aromatic rings. The molecule has 0 unspecified atom stereocenters. The van der Waals surface area contributed by atoms with Crippen molar-refractivity contribution in [2.75, 3.05) is 17.4 Å². The van der Waals surface area contributed by atoms with Crippen molar-refractivity contribution in [3.05, 3.63) is 106 Å².